The standard InChI is InChI=1S/C20H20N4O3/c1-25-17-8-13-14(10-22-24-15(13)9-18(17)26-2)19(21)20-23-16(11-27-20)12-6-4-3-5-7-12/h3-10,16,19H,11,21H2,1-2H3/t16-,19?/m1/s1. The van der Waals surface area contributed by atoms with Gasteiger partial charge in [0.15, 0.2) is 11.5 Å². The second-order valence-corrected chi connectivity index (χ2v) is 6.21. The third kappa shape index (κ3) is 3.17. The molecule has 0 saturated heterocycles. The highest BCUT2D eigenvalue weighted by atomic mass is 16.5. The van der Waals surface area contributed by atoms with Gasteiger partial charge in [-0.1, -0.05) is 30.3 Å². The number of ether oxygens (including phenoxy) is 3. The van der Waals surface area contributed by atoms with Crippen LogP contribution in [0.2, 0.25) is 0 Å². The SMILES string of the molecule is COc1cc2nncc(C(N)C3=N[C@@H](c4ccccc4)CO3)c2cc1OC. The third-order valence-corrected chi connectivity index (χ3v) is 4.63. The Kier molecular flexibility index (Phi) is 4.60. The predicted octanol–water partition coefficient (Wildman–Crippen LogP) is 2.82. The molecule has 0 bridgehead atoms. The smallest absolute Gasteiger partial charge is 0.206 e. The summed E-state index contributed by atoms with van der Waals surface area (Å²) in [5.41, 5.74) is 9.01. The first kappa shape index (κ1) is 17.2. The van der Waals surface area contributed by atoms with Gasteiger partial charge in [-0.25, -0.2) is 4.99 Å². The zero-order valence-electron chi connectivity index (χ0n) is 15.1. The Labute approximate surface area is 156 Å². The summed E-state index contributed by atoms with van der Waals surface area (Å²) in [6.45, 7) is 0.473. The van der Waals surface area contributed by atoms with E-state index >= 15 is 0 Å². The van der Waals surface area contributed by atoms with E-state index in [0.29, 0.717) is 29.5 Å². The third-order valence-electron chi connectivity index (χ3n) is 4.63. The summed E-state index contributed by atoms with van der Waals surface area (Å²) < 4.78 is 16.5. The van der Waals surface area contributed by atoms with E-state index in [9.17, 15) is 0 Å². The van der Waals surface area contributed by atoms with E-state index in [1.807, 2.05) is 36.4 Å². The molecule has 0 spiro atoms. The second-order valence-electron chi connectivity index (χ2n) is 6.21. The van der Waals surface area contributed by atoms with Crippen LogP contribution in [0.25, 0.3) is 10.9 Å². The van der Waals surface area contributed by atoms with Gasteiger partial charge in [0.25, 0.3) is 0 Å². The van der Waals surface area contributed by atoms with E-state index in [4.69, 9.17) is 19.9 Å². The summed E-state index contributed by atoms with van der Waals surface area (Å²) in [6.07, 6.45) is 1.64. The van der Waals surface area contributed by atoms with E-state index in [1.165, 1.54) is 0 Å². The first-order chi connectivity index (χ1) is 13.2. The molecule has 0 amide bonds. The van der Waals surface area contributed by atoms with Crippen molar-refractivity contribution in [1.29, 1.82) is 0 Å². The van der Waals surface area contributed by atoms with Crippen LogP contribution < -0.4 is 15.2 Å². The van der Waals surface area contributed by atoms with E-state index in [0.717, 1.165) is 16.5 Å². The van der Waals surface area contributed by atoms with Crippen molar-refractivity contribution in [3.63, 3.8) is 0 Å². The van der Waals surface area contributed by atoms with Gasteiger partial charge in [-0.15, -0.1) is 0 Å². The number of benzene rings is 2. The highest BCUT2D eigenvalue weighted by Gasteiger charge is 2.27. The lowest BCUT2D eigenvalue weighted by molar-refractivity contribution is 0.307. The average molecular weight is 364 g/mol. The molecule has 27 heavy (non-hydrogen) atoms. The minimum Gasteiger partial charge on any atom is -0.493 e. The Bertz CT molecular complexity index is 991. The van der Waals surface area contributed by atoms with E-state index in [-0.39, 0.29) is 6.04 Å². The zero-order chi connectivity index (χ0) is 18.8. The van der Waals surface area contributed by atoms with Gasteiger partial charge in [-0.3, -0.25) is 0 Å². The van der Waals surface area contributed by atoms with Crippen molar-refractivity contribution in [2.45, 2.75) is 12.1 Å². The maximum absolute atomic E-state index is 6.47. The number of rotatable bonds is 5. The van der Waals surface area contributed by atoms with Crippen molar-refractivity contribution in [1.82, 2.24) is 10.2 Å². The van der Waals surface area contributed by atoms with Gasteiger partial charge in [-0.2, -0.15) is 10.2 Å². The molecule has 2 atom stereocenters. The molecule has 1 aliphatic heterocycles. The number of aromatic nitrogens is 2. The summed E-state index contributed by atoms with van der Waals surface area (Å²) in [5, 5.41) is 9.08. The van der Waals surface area contributed by atoms with Gasteiger partial charge in [0.1, 0.15) is 18.7 Å². The second kappa shape index (κ2) is 7.20. The van der Waals surface area contributed by atoms with Crippen molar-refractivity contribution in [3.05, 3.63) is 59.8 Å². The Hall–Kier alpha value is -3.19. The Morgan fingerprint density at radius 3 is 2.59 bits per heavy atom. The fourth-order valence-electron chi connectivity index (χ4n) is 3.19. The number of fused-ring (bicyclic) bond motifs is 1. The number of hydrogen-bond acceptors (Lipinski definition) is 7. The summed E-state index contributed by atoms with van der Waals surface area (Å²) in [4.78, 5) is 4.68. The minimum atomic E-state index is -0.546. The normalized spacial score (nSPS) is 17.3. The molecule has 1 unspecified atom stereocenters. The Balaban J connectivity index is 1.72. The first-order valence-corrected chi connectivity index (χ1v) is 8.59. The molecule has 138 valence electrons. The lowest BCUT2D eigenvalue weighted by atomic mass is 10.0. The number of hydrogen-bond donors (Lipinski definition) is 1. The first-order valence-electron chi connectivity index (χ1n) is 8.59. The molecule has 2 heterocycles. The molecule has 2 N–H and O–H groups in total. The molecule has 0 radical (unpaired) electrons. The molecular formula is C20H20N4O3. The van der Waals surface area contributed by atoms with Crippen LogP contribution >= 0.6 is 0 Å². The number of nitrogens with two attached hydrogens (primary N) is 1. The highest BCUT2D eigenvalue weighted by molar-refractivity contribution is 5.92. The summed E-state index contributed by atoms with van der Waals surface area (Å²) in [6, 6.07) is 13.1. The maximum atomic E-state index is 6.47. The largest absolute Gasteiger partial charge is 0.493 e. The lowest BCUT2D eigenvalue weighted by Gasteiger charge is -2.15. The summed E-state index contributed by atoms with van der Waals surface area (Å²) >= 11 is 0. The molecule has 2 aromatic carbocycles. The van der Waals surface area contributed by atoms with Gasteiger partial charge in [-0.05, 0) is 11.6 Å². The van der Waals surface area contributed by atoms with Crippen molar-refractivity contribution in [2.75, 3.05) is 20.8 Å². The number of nitrogens with zero attached hydrogens (tertiary/aromatic N) is 3. The molecule has 7 heteroatoms. The molecule has 7 nitrogen and oxygen atoms in total. The summed E-state index contributed by atoms with van der Waals surface area (Å²) in [7, 11) is 3.17. The number of aliphatic imine (C=N–C) groups is 1. The Morgan fingerprint density at radius 1 is 1.11 bits per heavy atom. The molecule has 0 aliphatic carbocycles. The van der Waals surface area contributed by atoms with Crippen LogP contribution in [0.5, 0.6) is 11.5 Å². The average Bonchev–Trinajstić information content (AvgIpc) is 3.22. The molecule has 1 aliphatic rings. The molecule has 0 fully saturated rings. The molecule has 0 saturated carbocycles. The van der Waals surface area contributed by atoms with Crippen molar-refractivity contribution in [2.24, 2.45) is 10.7 Å². The van der Waals surface area contributed by atoms with Gasteiger partial charge in [0, 0.05) is 17.0 Å². The maximum Gasteiger partial charge on any atom is 0.206 e. The van der Waals surface area contributed by atoms with Crippen molar-refractivity contribution < 1.29 is 14.2 Å². The van der Waals surface area contributed by atoms with Crippen LogP contribution in [-0.4, -0.2) is 36.9 Å². The van der Waals surface area contributed by atoms with Crippen LogP contribution in [0.3, 0.4) is 0 Å². The Morgan fingerprint density at radius 2 is 1.85 bits per heavy atom. The van der Waals surface area contributed by atoms with Crippen LogP contribution in [0.4, 0.5) is 0 Å². The van der Waals surface area contributed by atoms with Crippen LogP contribution in [-0.2, 0) is 4.74 Å². The van der Waals surface area contributed by atoms with Gasteiger partial charge >= 0.3 is 0 Å². The zero-order valence-corrected chi connectivity index (χ0v) is 15.1. The molecule has 3 aromatic rings. The van der Waals surface area contributed by atoms with Crippen molar-refractivity contribution in [3.8, 4) is 11.5 Å². The van der Waals surface area contributed by atoms with Crippen molar-refractivity contribution >= 4 is 16.8 Å². The van der Waals surface area contributed by atoms with Crippen LogP contribution in [0.1, 0.15) is 23.2 Å². The van der Waals surface area contributed by atoms with Crippen LogP contribution in [0.15, 0.2) is 53.7 Å². The molecule has 4 rings (SSSR count). The topological polar surface area (TPSA) is 91.9 Å². The summed E-state index contributed by atoms with van der Waals surface area (Å²) in [5.74, 6) is 1.68. The van der Waals surface area contributed by atoms with Gasteiger partial charge in [0.2, 0.25) is 5.90 Å². The predicted molar refractivity (Wildman–Crippen MR) is 102 cm³/mol. The molecular weight excluding hydrogens is 344 g/mol. The lowest BCUT2D eigenvalue weighted by Crippen LogP contribution is -2.22. The van der Waals surface area contributed by atoms with Gasteiger partial charge < -0.3 is 19.9 Å². The minimum absolute atomic E-state index is 0.0528. The quantitative estimate of drug-likeness (QED) is 0.748. The molecule has 1 aromatic heterocycles. The highest BCUT2D eigenvalue weighted by Crippen LogP contribution is 2.35. The monoisotopic (exact) mass is 364 g/mol. The van der Waals surface area contributed by atoms with E-state index < -0.39 is 6.04 Å². The fraction of sp³-hybridized carbons (Fsp3) is 0.250. The van der Waals surface area contributed by atoms with Gasteiger partial charge in [0.05, 0.1) is 25.9 Å². The number of methoxy groups -OCH3 is 2. The van der Waals surface area contributed by atoms with E-state index in [2.05, 4.69) is 15.2 Å². The van der Waals surface area contributed by atoms with E-state index in [1.54, 1.807) is 26.5 Å². The van der Waals surface area contributed by atoms with Crippen LogP contribution in [0, 0.1) is 0 Å². The fourth-order valence-corrected chi connectivity index (χ4v) is 3.19.